The van der Waals surface area contributed by atoms with E-state index in [0.717, 1.165) is 36.8 Å². The van der Waals surface area contributed by atoms with Crippen LogP contribution in [0.3, 0.4) is 0 Å². The quantitative estimate of drug-likeness (QED) is 0.598. The molecule has 2 aromatic rings. The number of hydrogen-bond donors (Lipinski definition) is 3. The number of piperidine rings is 1. The summed E-state index contributed by atoms with van der Waals surface area (Å²) in [6.45, 7) is 2.01. The van der Waals surface area contributed by atoms with E-state index in [-0.39, 0.29) is 23.4 Å². The molecule has 2 aromatic heterocycles. The van der Waals surface area contributed by atoms with Gasteiger partial charge < -0.3 is 20.5 Å². The van der Waals surface area contributed by atoms with Crippen LogP contribution in [-0.2, 0) is 14.3 Å². The predicted octanol–water partition coefficient (Wildman–Crippen LogP) is 1.68. The number of aromatic nitrogens is 2. The summed E-state index contributed by atoms with van der Waals surface area (Å²) in [4.78, 5) is 41.8. The Labute approximate surface area is 180 Å². The summed E-state index contributed by atoms with van der Waals surface area (Å²) in [6, 6.07) is 3.60. The van der Waals surface area contributed by atoms with Gasteiger partial charge in [-0.15, -0.1) is 0 Å². The highest BCUT2D eigenvalue weighted by molar-refractivity contribution is 5.97. The first-order valence-electron chi connectivity index (χ1n) is 9.81. The van der Waals surface area contributed by atoms with Crippen molar-refractivity contribution < 1.29 is 37.4 Å². The van der Waals surface area contributed by atoms with Crippen molar-refractivity contribution in [2.24, 2.45) is 5.41 Å². The van der Waals surface area contributed by atoms with Gasteiger partial charge in [0.25, 0.3) is 5.91 Å². The van der Waals surface area contributed by atoms with E-state index in [1.165, 1.54) is 6.20 Å². The van der Waals surface area contributed by atoms with Gasteiger partial charge >= 0.3 is 18.1 Å². The van der Waals surface area contributed by atoms with E-state index in [1.807, 2.05) is 6.07 Å². The molecule has 1 amide bonds. The van der Waals surface area contributed by atoms with Crippen molar-refractivity contribution >= 4 is 28.7 Å². The zero-order valence-electron chi connectivity index (χ0n) is 16.8. The van der Waals surface area contributed by atoms with Crippen molar-refractivity contribution in [1.29, 1.82) is 0 Å². The number of nitrogens with zero attached hydrogens (tertiary/aromatic N) is 2. The molecule has 12 heteroatoms. The summed E-state index contributed by atoms with van der Waals surface area (Å²) in [5.41, 5.74) is 0.870. The van der Waals surface area contributed by atoms with Crippen LogP contribution in [0.5, 0.6) is 0 Å². The third-order valence-electron chi connectivity index (χ3n) is 5.37. The van der Waals surface area contributed by atoms with Crippen molar-refractivity contribution in [1.82, 2.24) is 20.6 Å². The first kappa shape index (κ1) is 23.4. The number of aliphatic carboxylic acids is 1. The fraction of sp³-hybridized carbons (Fsp3) is 0.450. The van der Waals surface area contributed by atoms with Gasteiger partial charge in [0, 0.05) is 24.2 Å². The third-order valence-corrected chi connectivity index (χ3v) is 5.37. The molecule has 0 saturated carbocycles. The van der Waals surface area contributed by atoms with E-state index in [1.54, 1.807) is 18.5 Å². The van der Waals surface area contributed by atoms with E-state index < -0.39 is 12.1 Å². The second-order valence-corrected chi connectivity index (χ2v) is 7.57. The average Bonchev–Trinajstić information content (AvgIpc) is 3.06. The lowest BCUT2D eigenvalue weighted by molar-refractivity contribution is -0.192. The molecule has 2 fully saturated rings. The number of carbonyl (C=O) groups excluding carboxylic acids is 2. The summed E-state index contributed by atoms with van der Waals surface area (Å²) in [5.74, 6) is -3.09. The van der Waals surface area contributed by atoms with Gasteiger partial charge in [-0.2, -0.15) is 13.2 Å². The number of rotatable bonds is 3. The van der Waals surface area contributed by atoms with Gasteiger partial charge in [0.05, 0.1) is 29.2 Å². The molecule has 172 valence electrons. The average molecular weight is 454 g/mol. The van der Waals surface area contributed by atoms with Crippen LogP contribution in [0.15, 0.2) is 30.7 Å². The summed E-state index contributed by atoms with van der Waals surface area (Å²) >= 11 is 0. The minimum absolute atomic E-state index is 0.117. The molecule has 2 aliphatic heterocycles. The molecule has 0 aromatic carbocycles. The number of nitrogens with one attached hydrogen (secondary N) is 2. The molecule has 2 aliphatic rings. The molecule has 1 atom stereocenters. The Morgan fingerprint density at radius 2 is 1.97 bits per heavy atom. The second kappa shape index (κ2) is 9.47. The van der Waals surface area contributed by atoms with Crippen molar-refractivity contribution in [3.05, 3.63) is 36.3 Å². The van der Waals surface area contributed by atoms with Crippen molar-refractivity contribution in [2.45, 2.75) is 31.5 Å². The number of halogens is 3. The minimum Gasteiger partial charge on any atom is -0.475 e. The maximum atomic E-state index is 12.4. The van der Waals surface area contributed by atoms with Crippen LogP contribution in [0.25, 0.3) is 10.9 Å². The summed E-state index contributed by atoms with van der Waals surface area (Å²) in [5, 5.41) is 14.1. The van der Waals surface area contributed by atoms with Crippen molar-refractivity contribution in [3.8, 4) is 0 Å². The summed E-state index contributed by atoms with van der Waals surface area (Å²) < 4.78 is 37.2. The Balaban J connectivity index is 0.000000360. The fourth-order valence-electron chi connectivity index (χ4n) is 3.67. The number of carbonyl (C=O) groups is 3. The number of cyclic esters (lactones) is 1. The SMILES string of the molecule is O=C(NCC1CC2(CCNCC2)C(=O)O1)c1cnc2cnccc2c1.O=C(O)C(F)(F)F. The lowest BCUT2D eigenvalue weighted by Gasteiger charge is -2.29. The number of fused-ring (bicyclic) bond motifs is 1. The van der Waals surface area contributed by atoms with Crippen LogP contribution in [0.1, 0.15) is 29.6 Å². The van der Waals surface area contributed by atoms with Gasteiger partial charge in [-0.1, -0.05) is 0 Å². The molecule has 2 saturated heterocycles. The van der Waals surface area contributed by atoms with Gasteiger partial charge in [0.1, 0.15) is 6.10 Å². The van der Waals surface area contributed by atoms with Gasteiger partial charge in [-0.3, -0.25) is 19.6 Å². The largest absolute Gasteiger partial charge is 0.490 e. The molecular weight excluding hydrogens is 433 g/mol. The molecule has 0 bridgehead atoms. The normalized spacial score (nSPS) is 19.7. The Morgan fingerprint density at radius 3 is 2.62 bits per heavy atom. The number of amides is 1. The maximum absolute atomic E-state index is 12.4. The maximum Gasteiger partial charge on any atom is 0.490 e. The van der Waals surface area contributed by atoms with Gasteiger partial charge in [-0.05, 0) is 38.1 Å². The molecule has 4 heterocycles. The highest BCUT2D eigenvalue weighted by Gasteiger charge is 2.49. The van der Waals surface area contributed by atoms with E-state index >= 15 is 0 Å². The number of pyridine rings is 2. The second-order valence-electron chi connectivity index (χ2n) is 7.57. The first-order valence-corrected chi connectivity index (χ1v) is 9.81. The predicted molar refractivity (Wildman–Crippen MR) is 105 cm³/mol. The van der Waals surface area contributed by atoms with Crippen LogP contribution in [0, 0.1) is 5.41 Å². The number of carboxylic acids is 1. The molecule has 4 rings (SSSR count). The first-order chi connectivity index (χ1) is 15.1. The number of ether oxygens (including phenoxy) is 1. The Morgan fingerprint density at radius 1 is 1.28 bits per heavy atom. The summed E-state index contributed by atoms with van der Waals surface area (Å²) in [6.07, 6.45) is 1.81. The Hall–Kier alpha value is -3.28. The monoisotopic (exact) mass is 454 g/mol. The van der Waals surface area contributed by atoms with Crippen molar-refractivity contribution in [3.63, 3.8) is 0 Å². The highest BCUT2D eigenvalue weighted by Crippen LogP contribution is 2.41. The Bertz CT molecular complexity index is 1010. The van der Waals surface area contributed by atoms with E-state index in [0.29, 0.717) is 18.5 Å². The molecule has 0 radical (unpaired) electrons. The van der Waals surface area contributed by atoms with E-state index in [4.69, 9.17) is 14.6 Å². The van der Waals surface area contributed by atoms with E-state index in [9.17, 15) is 22.8 Å². The van der Waals surface area contributed by atoms with Crippen LogP contribution in [0.2, 0.25) is 0 Å². The van der Waals surface area contributed by atoms with Crippen LogP contribution in [-0.4, -0.2) is 64.8 Å². The molecular formula is C20H21F3N4O5. The number of hydrogen-bond acceptors (Lipinski definition) is 7. The van der Waals surface area contributed by atoms with Gasteiger partial charge in [-0.25, -0.2) is 4.79 Å². The zero-order chi connectivity index (χ0) is 23.4. The number of carboxylic acid groups (broad SMARTS) is 1. The molecule has 9 nitrogen and oxygen atoms in total. The Kier molecular flexibility index (Phi) is 6.92. The number of alkyl halides is 3. The molecule has 1 unspecified atom stereocenters. The number of esters is 1. The highest BCUT2D eigenvalue weighted by atomic mass is 19.4. The third kappa shape index (κ3) is 5.49. The zero-order valence-corrected chi connectivity index (χ0v) is 16.8. The smallest absolute Gasteiger partial charge is 0.475 e. The molecule has 32 heavy (non-hydrogen) atoms. The van der Waals surface area contributed by atoms with Crippen molar-refractivity contribution in [2.75, 3.05) is 19.6 Å². The molecule has 3 N–H and O–H groups in total. The van der Waals surface area contributed by atoms with Crippen LogP contribution < -0.4 is 10.6 Å². The van der Waals surface area contributed by atoms with Crippen LogP contribution >= 0.6 is 0 Å². The van der Waals surface area contributed by atoms with E-state index in [2.05, 4.69) is 20.6 Å². The topological polar surface area (TPSA) is 131 Å². The summed E-state index contributed by atoms with van der Waals surface area (Å²) in [7, 11) is 0. The van der Waals surface area contributed by atoms with Gasteiger partial charge in [0.2, 0.25) is 0 Å². The molecule has 0 aliphatic carbocycles. The lowest BCUT2D eigenvalue weighted by atomic mass is 9.76. The standard InChI is InChI=1S/C18H20N4O3.C2HF3O2/c23-16(13-7-12-1-4-20-11-15(12)21-9-13)22-10-14-8-18(17(24)25-14)2-5-19-6-3-18;3-2(4,5)1(6)7/h1,4,7,9,11,14,19H,2-3,5-6,8,10H2,(H,22,23);(H,6,7). The lowest BCUT2D eigenvalue weighted by Crippen LogP contribution is -2.39. The molecule has 1 spiro atoms. The minimum atomic E-state index is -5.08. The fourth-order valence-corrected chi connectivity index (χ4v) is 3.67. The van der Waals surface area contributed by atoms with Gasteiger partial charge in [0.15, 0.2) is 0 Å². The van der Waals surface area contributed by atoms with Crippen LogP contribution in [0.4, 0.5) is 13.2 Å².